The predicted octanol–water partition coefficient (Wildman–Crippen LogP) is 2.93. The van der Waals surface area contributed by atoms with Crippen molar-refractivity contribution >= 4 is 28.1 Å². The number of hydrogen-bond acceptors (Lipinski definition) is 1. The van der Waals surface area contributed by atoms with Crippen LogP contribution in [0.3, 0.4) is 0 Å². The second kappa shape index (κ2) is 4.26. The van der Waals surface area contributed by atoms with Crippen LogP contribution in [-0.2, 0) is 6.54 Å². The van der Waals surface area contributed by atoms with Crippen molar-refractivity contribution in [3.05, 3.63) is 36.0 Å². The first-order valence-corrected chi connectivity index (χ1v) is 5.87. The van der Waals surface area contributed by atoms with Gasteiger partial charge in [-0.3, -0.25) is 0 Å². The lowest BCUT2D eigenvalue weighted by molar-refractivity contribution is 0.535. The molecule has 3 heteroatoms. The number of thiocarbonyl (C=S) groups is 1. The molecule has 0 aliphatic heterocycles. The number of benzene rings is 1. The highest BCUT2D eigenvalue weighted by Crippen LogP contribution is 2.19. The summed E-state index contributed by atoms with van der Waals surface area (Å²) in [6.45, 7) is 5.44. The first kappa shape index (κ1) is 11.1. The highest BCUT2D eigenvalue weighted by Gasteiger charge is 2.05. The molecule has 0 atom stereocenters. The minimum atomic E-state index is 0.458. The maximum absolute atomic E-state index is 5.65. The summed E-state index contributed by atoms with van der Waals surface area (Å²) in [5.41, 5.74) is 7.79. The third kappa shape index (κ3) is 2.09. The first-order chi connectivity index (χ1) is 7.58. The highest BCUT2D eigenvalue weighted by molar-refractivity contribution is 7.80. The summed E-state index contributed by atoms with van der Waals surface area (Å²) < 4.78 is 2.25. The van der Waals surface area contributed by atoms with Gasteiger partial charge in [0.1, 0.15) is 4.99 Å². The monoisotopic (exact) mass is 232 g/mol. The van der Waals surface area contributed by atoms with Gasteiger partial charge in [-0.2, -0.15) is 0 Å². The Kier molecular flexibility index (Phi) is 2.97. The molecule has 2 aromatic rings. The van der Waals surface area contributed by atoms with E-state index in [1.54, 1.807) is 0 Å². The van der Waals surface area contributed by atoms with Crippen LogP contribution in [0, 0.1) is 5.92 Å². The molecule has 16 heavy (non-hydrogen) atoms. The van der Waals surface area contributed by atoms with Crippen LogP contribution in [0.5, 0.6) is 0 Å². The van der Waals surface area contributed by atoms with E-state index in [0.717, 1.165) is 12.1 Å². The van der Waals surface area contributed by atoms with Gasteiger partial charge in [-0.25, -0.2) is 0 Å². The number of hydrogen-bond donors (Lipinski definition) is 1. The van der Waals surface area contributed by atoms with Crippen molar-refractivity contribution in [3.63, 3.8) is 0 Å². The molecule has 0 saturated carbocycles. The third-order valence-electron chi connectivity index (χ3n) is 2.62. The number of rotatable bonds is 3. The van der Waals surface area contributed by atoms with Gasteiger partial charge in [0.2, 0.25) is 0 Å². The zero-order chi connectivity index (χ0) is 11.7. The van der Waals surface area contributed by atoms with Crippen LogP contribution < -0.4 is 5.73 Å². The quantitative estimate of drug-likeness (QED) is 0.825. The van der Waals surface area contributed by atoms with Gasteiger partial charge in [-0.1, -0.05) is 38.2 Å². The number of nitrogens with zero attached hydrogens (tertiary/aromatic N) is 1. The lowest BCUT2D eigenvalue weighted by Gasteiger charge is -2.09. The molecule has 2 rings (SSSR count). The molecule has 0 aliphatic carbocycles. The van der Waals surface area contributed by atoms with E-state index < -0.39 is 0 Å². The molecule has 0 spiro atoms. The van der Waals surface area contributed by atoms with Crippen molar-refractivity contribution < 1.29 is 0 Å². The molecule has 0 radical (unpaired) electrons. The number of fused-ring (bicyclic) bond motifs is 1. The minimum Gasteiger partial charge on any atom is -0.389 e. The van der Waals surface area contributed by atoms with Crippen molar-refractivity contribution in [2.24, 2.45) is 11.7 Å². The van der Waals surface area contributed by atoms with Crippen molar-refractivity contribution in [3.8, 4) is 0 Å². The van der Waals surface area contributed by atoms with Gasteiger partial charge in [0.15, 0.2) is 0 Å². The van der Waals surface area contributed by atoms with Gasteiger partial charge in [-0.05, 0) is 23.4 Å². The summed E-state index contributed by atoms with van der Waals surface area (Å²) in [7, 11) is 0. The molecule has 2 N–H and O–H groups in total. The van der Waals surface area contributed by atoms with Crippen LogP contribution in [0.4, 0.5) is 0 Å². The Labute approximate surface area is 101 Å². The smallest absolute Gasteiger partial charge is 0.104 e. The van der Waals surface area contributed by atoms with Crippen molar-refractivity contribution in [2.75, 3.05) is 0 Å². The summed E-state index contributed by atoms with van der Waals surface area (Å²) in [4.78, 5) is 0.458. The van der Waals surface area contributed by atoms with Gasteiger partial charge in [-0.15, -0.1) is 0 Å². The average Bonchev–Trinajstić information content (AvgIpc) is 2.60. The summed E-state index contributed by atoms with van der Waals surface area (Å²) in [5, 5.41) is 1.24. The van der Waals surface area contributed by atoms with E-state index >= 15 is 0 Å². The molecule has 1 aromatic heterocycles. The molecule has 1 aromatic carbocycles. The van der Waals surface area contributed by atoms with E-state index in [0.29, 0.717) is 10.9 Å². The van der Waals surface area contributed by atoms with Crippen molar-refractivity contribution in [1.29, 1.82) is 0 Å². The first-order valence-electron chi connectivity index (χ1n) is 5.46. The second-order valence-electron chi connectivity index (χ2n) is 4.50. The van der Waals surface area contributed by atoms with Crippen LogP contribution in [0.15, 0.2) is 30.5 Å². The Bertz CT molecular complexity index is 526. The van der Waals surface area contributed by atoms with E-state index in [4.69, 9.17) is 18.0 Å². The molecule has 84 valence electrons. The van der Waals surface area contributed by atoms with Gasteiger partial charge < -0.3 is 10.3 Å². The van der Waals surface area contributed by atoms with E-state index in [1.807, 2.05) is 6.07 Å². The maximum Gasteiger partial charge on any atom is 0.104 e. The molecule has 1 heterocycles. The fourth-order valence-electron chi connectivity index (χ4n) is 1.89. The van der Waals surface area contributed by atoms with E-state index in [-0.39, 0.29) is 0 Å². The molecule has 0 fully saturated rings. The van der Waals surface area contributed by atoms with Crippen molar-refractivity contribution in [1.82, 2.24) is 4.57 Å². The second-order valence-corrected chi connectivity index (χ2v) is 4.94. The standard InChI is InChI=1S/C13H16N2S/c1-9(2)8-15-6-5-10-3-4-11(13(14)16)7-12(10)15/h3-7,9H,8H2,1-2H3,(H2,14,16). The van der Waals surface area contributed by atoms with Crippen LogP contribution in [0.25, 0.3) is 10.9 Å². The molecule has 0 unspecified atom stereocenters. The summed E-state index contributed by atoms with van der Waals surface area (Å²) in [6.07, 6.45) is 2.12. The van der Waals surface area contributed by atoms with Crippen LogP contribution >= 0.6 is 12.2 Å². The van der Waals surface area contributed by atoms with Crippen molar-refractivity contribution in [2.45, 2.75) is 20.4 Å². The Morgan fingerprint density at radius 3 is 2.75 bits per heavy atom. The number of aromatic nitrogens is 1. The molecule has 0 aliphatic rings. The van der Waals surface area contributed by atoms with Gasteiger partial charge in [0, 0.05) is 23.8 Å². The molecule has 0 saturated heterocycles. The SMILES string of the molecule is CC(C)Cn1ccc2ccc(C(N)=S)cc21. The number of nitrogens with two attached hydrogens (primary N) is 1. The lowest BCUT2D eigenvalue weighted by atomic mass is 10.1. The van der Waals surface area contributed by atoms with Crippen LogP contribution in [0.2, 0.25) is 0 Å². The van der Waals surface area contributed by atoms with Gasteiger partial charge in [0.05, 0.1) is 0 Å². The Hall–Kier alpha value is -1.35. The molecule has 0 bridgehead atoms. The summed E-state index contributed by atoms with van der Waals surface area (Å²) in [5.74, 6) is 0.629. The normalized spacial score (nSPS) is 11.2. The van der Waals surface area contributed by atoms with Crippen LogP contribution in [0.1, 0.15) is 19.4 Å². The third-order valence-corrected chi connectivity index (χ3v) is 2.86. The largest absolute Gasteiger partial charge is 0.389 e. The molecular formula is C13H16N2S. The fourth-order valence-corrected chi connectivity index (χ4v) is 2.02. The van der Waals surface area contributed by atoms with Gasteiger partial charge in [0.25, 0.3) is 0 Å². The Morgan fingerprint density at radius 1 is 1.38 bits per heavy atom. The minimum absolute atomic E-state index is 0.458. The van der Waals surface area contributed by atoms with E-state index in [1.165, 1.54) is 10.9 Å². The fraction of sp³-hybridized carbons (Fsp3) is 0.308. The summed E-state index contributed by atoms with van der Waals surface area (Å²) >= 11 is 5.00. The van der Waals surface area contributed by atoms with Crippen LogP contribution in [-0.4, -0.2) is 9.56 Å². The summed E-state index contributed by atoms with van der Waals surface area (Å²) in [6, 6.07) is 8.24. The predicted molar refractivity (Wildman–Crippen MR) is 72.7 cm³/mol. The zero-order valence-electron chi connectivity index (χ0n) is 9.60. The lowest BCUT2D eigenvalue weighted by Crippen LogP contribution is -2.09. The highest BCUT2D eigenvalue weighted by atomic mass is 32.1. The maximum atomic E-state index is 5.65. The zero-order valence-corrected chi connectivity index (χ0v) is 10.4. The van der Waals surface area contributed by atoms with E-state index in [9.17, 15) is 0 Å². The van der Waals surface area contributed by atoms with Gasteiger partial charge >= 0.3 is 0 Å². The molecule has 2 nitrogen and oxygen atoms in total. The topological polar surface area (TPSA) is 30.9 Å². The molecule has 0 amide bonds. The molecular weight excluding hydrogens is 216 g/mol. The average molecular weight is 232 g/mol. The Morgan fingerprint density at radius 2 is 2.12 bits per heavy atom. The van der Waals surface area contributed by atoms with E-state index in [2.05, 4.69) is 42.8 Å². The Balaban J connectivity index is 2.51.